The number of hydrogen-bond acceptors (Lipinski definition) is 8. The zero-order valence-corrected chi connectivity index (χ0v) is 21.1. The van der Waals surface area contributed by atoms with Crippen molar-refractivity contribution in [1.82, 2.24) is 19.9 Å². The van der Waals surface area contributed by atoms with E-state index in [0.29, 0.717) is 35.3 Å². The number of aryl methyl sites for hydroxylation is 2. The first-order valence-electron chi connectivity index (χ1n) is 11.7. The number of fused-ring (bicyclic) bond motifs is 1. The molecule has 0 saturated carbocycles. The molecule has 10 nitrogen and oxygen atoms in total. The van der Waals surface area contributed by atoms with E-state index in [-0.39, 0.29) is 24.6 Å². The first-order chi connectivity index (χ1) is 17.6. The molecule has 0 aliphatic rings. The van der Waals surface area contributed by atoms with Crippen molar-refractivity contribution in [1.29, 1.82) is 5.26 Å². The van der Waals surface area contributed by atoms with E-state index in [0.717, 1.165) is 11.1 Å². The van der Waals surface area contributed by atoms with Crippen LogP contribution in [0.3, 0.4) is 0 Å². The Hall–Kier alpha value is -4.49. The Labute approximate surface area is 215 Å². The lowest BCUT2D eigenvalue weighted by molar-refractivity contribution is -0.150. The van der Waals surface area contributed by atoms with Gasteiger partial charge in [0.2, 0.25) is 0 Å². The summed E-state index contributed by atoms with van der Waals surface area (Å²) in [5.41, 5.74) is 8.14. The van der Waals surface area contributed by atoms with Crippen LogP contribution in [0.5, 0.6) is 0 Å². The molecule has 192 valence electrons. The Morgan fingerprint density at radius 1 is 1.30 bits per heavy atom. The molecule has 2 aromatic heterocycles. The number of aromatic nitrogens is 3. The van der Waals surface area contributed by atoms with Crippen LogP contribution >= 0.6 is 0 Å². The van der Waals surface area contributed by atoms with E-state index >= 15 is 0 Å². The summed E-state index contributed by atoms with van der Waals surface area (Å²) >= 11 is 0. The first-order valence-corrected chi connectivity index (χ1v) is 11.7. The van der Waals surface area contributed by atoms with Gasteiger partial charge in [-0.3, -0.25) is 4.79 Å². The number of aliphatic hydroxyl groups excluding tert-OH is 1. The van der Waals surface area contributed by atoms with Gasteiger partial charge in [-0.05, 0) is 38.8 Å². The summed E-state index contributed by atoms with van der Waals surface area (Å²) in [5.74, 6) is -1.18. The Kier molecular flexibility index (Phi) is 8.42. The maximum Gasteiger partial charge on any atom is 0.331 e. The fraction of sp³-hybridized carbons (Fsp3) is 0.296. The van der Waals surface area contributed by atoms with Crippen LogP contribution < -0.4 is 11.1 Å². The highest BCUT2D eigenvalue weighted by Gasteiger charge is 2.32. The number of nitrogens with zero attached hydrogens (tertiary/aromatic N) is 4. The molecule has 4 N–H and O–H groups in total. The Bertz CT molecular complexity index is 1400. The maximum absolute atomic E-state index is 13.1. The normalized spacial score (nSPS) is 11.7. The minimum absolute atomic E-state index is 0.00753. The molecule has 0 spiro atoms. The number of nitrogens with one attached hydrogen (secondary N) is 1. The van der Waals surface area contributed by atoms with E-state index in [1.807, 2.05) is 37.3 Å². The summed E-state index contributed by atoms with van der Waals surface area (Å²) in [4.78, 5) is 34.1. The van der Waals surface area contributed by atoms with Crippen LogP contribution in [0, 0.1) is 18.3 Å². The largest absolute Gasteiger partial charge is 0.460 e. The van der Waals surface area contributed by atoms with Crippen LogP contribution in [0.2, 0.25) is 0 Å². The summed E-state index contributed by atoms with van der Waals surface area (Å²) in [6, 6.07) is 9.64. The van der Waals surface area contributed by atoms with Crippen LogP contribution in [0.1, 0.15) is 31.5 Å². The monoisotopic (exact) mass is 502 g/mol. The molecule has 0 atom stereocenters. The van der Waals surface area contributed by atoms with Gasteiger partial charge in [-0.2, -0.15) is 5.26 Å². The van der Waals surface area contributed by atoms with Crippen molar-refractivity contribution in [2.45, 2.75) is 39.3 Å². The number of hydrogen-bond donors (Lipinski definition) is 3. The van der Waals surface area contributed by atoms with Gasteiger partial charge in [0, 0.05) is 18.7 Å². The zero-order chi connectivity index (χ0) is 27.2. The number of esters is 1. The van der Waals surface area contributed by atoms with Crippen molar-refractivity contribution in [3.8, 4) is 17.2 Å². The smallest absolute Gasteiger partial charge is 0.331 e. The number of nitrogens with two attached hydrogens (primary N) is 1. The molecule has 0 saturated heterocycles. The molecule has 37 heavy (non-hydrogen) atoms. The predicted octanol–water partition coefficient (Wildman–Crippen LogP) is 2.90. The minimum atomic E-state index is -1.39. The zero-order valence-electron chi connectivity index (χ0n) is 21.1. The highest BCUT2D eigenvalue weighted by Crippen LogP contribution is 2.38. The first kappa shape index (κ1) is 27.1. The molecule has 3 rings (SSSR count). The van der Waals surface area contributed by atoms with E-state index in [2.05, 4.69) is 21.9 Å². The van der Waals surface area contributed by atoms with Crippen molar-refractivity contribution in [3.63, 3.8) is 0 Å². The third-order valence-corrected chi connectivity index (χ3v) is 5.70. The SMILES string of the molecule is C=CCOC(=O)C(C)(C)NC(=O)C(C#N)=Cc1c(-c2ccc(C)cc2)c2c(N)ncnc2n1CCCO. The molecule has 1 aromatic carbocycles. The van der Waals surface area contributed by atoms with Crippen LogP contribution in [-0.2, 0) is 20.9 Å². The molecule has 0 unspecified atom stereocenters. The lowest BCUT2D eigenvalue weighted by atomic mass is 10.00. The topological polar surface area (TPSA) is 156 Å². The van der Waals surface area contributed by atoms with Gasteiger partial charge in [-0.1, -0.05) is 42.5 Å². The van der Waals surface area contributed by atoms with Gasteiger partial charge in [-0.25, -0.2) is 14.8 Å². The average Bonchev–Trinajstić information content (AvgIpc) is 3.18. The Balaban J connectivity index is 2.21. The summed E-state index contributed by atoms with van der Waals surface area (Å²) in [6.45, 7) is 8.70. The van der Waals surface area contributed by atoms with Gasteiger partial charge >= 0.3 is 5.97 Å². The number of nitrogen functional groups attached to an aromatic ring is 1. The number of amides is 1. The molecule has 2 heterocycles. The predicted molar refractivity (Wildman–Crippen MR) is 141 cm³/mol. The van der Waals surface area contributed by atoms with Gasteiger partial charge in [0.15, 0.2) is 0 Å². The lowest BCUT2D eigenvalue weighted by Crippen LogP contribution is -2.51. The van der Waals surface area contributed by atoms with Crippen molar-refractivity contribution in [3.05, 3.63) is 60.1 Å². The molecular weight excluding hydrogens is 472 g/mol. The third kappa shape index (κ3) is 5.85. The maximum atomic E-state index is 13.1. The second kappa shape index (κ2) is 11.5. The van der Waals surface area contributed by atoms with Crippen LogP contribution in [0.25, 0.3) is 28.2 Å². The van der Waals surface area contributed by atoms with Crippen molar-refractivity contribution < 1.29 is 19.4 Å². The second-order valence-corrected chi connectivity index (χ2v) is 8.95. The van der Waals surface area contributed by atoms with Crippen molar-refractivity contribution in [2.24, 2.45) is 0 Å². The fourth-order valence-electron chi connectivity index (χ4n) is 3.83. The third-order valence-electron chi connectivity index (χ3n) is 5.70. The molecule has 10 heteroatoms. The van der Waals surface area contributed by atoms with E-state index in [1.54, 1.807) is 4.57 Å². The molecule has 3 aromatic rings. The van der Waals surface area contributed by atoms with E-state index < -0.39 is 17.4 Å². The fourth-order valence-corrected chi connectivity index (χ4v) is 3.83. The van der Waals surface area contributed by atoms with Crippen molar-refractivity contribution in [2.75, 3.05) is 18.9 Å². The van der Waals surface area contributed by atoms with Crippen molar-refractivity contribution >= 4 is 34.8 Å². The highest BCUT2D eigenvalue weighted by molar-refractivity contribution is 6.08. The number of carbonyl (C=O) groups excluding carboxylic acids is 2. The standard InChI is InChI=1S/C27H30N6O4/c1-5-13-37-26(36)27(3,4)32-25(35)19(15-28)14-20-21(18-9-7-17(2)8-10-18)22-23(29)30-16-31-24(22)33(20)11-6-12-34/h5,7-10,14,16,34H,1,6,11-13H2,2-4H3,(H,32,35)(H2,29,30,31). The molecule has 0 fully saturated rings. The number of anilines is 1. The number of rotatable bonds is 10. The van der Waals surface area contributed by atoms with E-state index in [4.69, 9.17) is 10.5 Å². The molecule has 0 aliphatic carbocycles. The summed E-state index contributed by atoms with van der Waals surface area (Å²) in [6.07, 6.45) is 4.60. The number of carbonyl (C=O) groups is 2. The van der Waals surface area contributed by atoms with E-state index in [1.165, 1.54) is 32.3 Å². The number of aliphatic hydroxyl groups is 1. The van der Waals surface area contributed by atoms with E-state index in [9.17, 15) is 20.0 Å². The molecule has 0 aliphatic heterocycles. The summed E-state index contributed by atoms with van der Waals surface area (Å²) in [7, 11) is 0. The molecule has 1 amide bonds. The highest BCUT2D eigenvalue weighted by atomic mass is 16.5. The quantitative estimate of drug-likeness (QED) is 0.165. The number of ether oxygens (including phenoxy) is 1. The molecular formula is C27H30N6O4. The summed E-state index contributed by atoms with van der Waals surface area (Å²) in [5, 5.41) is 22.6. The van der Waals surface area contributed by atoms with Gasteiger partial charge in [0.25, 0.3) is 5.91 Å². The van der Waals surface area contributed by atoms with Gasteiger partial charge in [0.1, 0.15) is 41.6 Å². The summed E-state index contributed by atoms with van der Waals surface area (Å²) < 4.78 is 6.86. The van der Waals surface area contributed by atoms with Gasteiger partial charge < -0.3 is 25.5 Å². The average molecular weight is 503 g/mol. The van der Waals surface area contributed by atoms with Crippen LogP contribution in [0.15, 0.2) is 48.8 Å². The molecule has 0 radical (unpaired) electrons. The second-order valence-electron chi connectivity index (χ2n) is 8.95. The minimum Gasteiger partial charge on any atom is -0.460 e. The Morgan fingerprint density at radius 3 is 2.62 bits per heavy atom. The molecule has 0 bridgehead atoms. The lowest BCUT2D eigenvalue weighted by Gasteiger charge is -2.23. The van der Waals surface area contributed by atoms with Crippen LogP contribution in [0.4, 0.5) is 5.82 Å². The number of benzene rings is 1. The number of nitriles is 1. The van der Waals surface area contributed by atoms with Gasteiger partial charge in [0.05, 0.1) is 11.1 Å². The Morgan fingerprint density at radius 2 is 2.00 bits per heavy atom. The van der Waals surface area contributed by atoms with Gasteiger partial charge in [-0.15, -0.1) is 0 Å². The van der Waals surface area contributed by atoms with Crippen LogP contribution in [-0.4, -0.2) is 50.3 Å².